The molecule has 2 fully saturated rings. The predicted octanol–water partition coefficient (Wildman–Crippen LogP) is 7.58. The van der Waals surface area contributed by atoms with E-state index < -0.39 is 0 Å². The van der Waals surface area contributed by atoms with E-state index >= 15 is 0 Å². The third kappa shape index (κ3) is 4.93. The molecule has 1 amide bonds. The zero-order valence-electron chi connectivity index (χ0n) is 21.2. The molecule has 1 saturated heterocycles. The number of amides is 1. The average molecular weight is 508 g/mol. The second kappa shape index (κ2) is 10.5. The van der Waals surface area contributed by atoms with Crippen LogP contribution in [0.15, 0.2) is 96.0 Å². The van der Waals surface area contributed by atoms with Crippen LogP contribution in [-0.2, 0) is 11.3 Å². The number of carbonyl (C=O) groups is 1. The van der Waals surface area contributed by atoms with E-state index in [-0.39, 0.29) is 17.4 Å². The van der Waals surface area contributed by atoms with E-state index in [0.29, 0.717) is 5.92 Å². The molecule has 2 heterocycles. The Morgan fingerprint density at radius 2 is 1.62 bits per heavy atom. The predicted molar refractivity (Wildman–Crippen MR) is 155 cm³/mol. The molecule has 6 rings (SSSR count). The summed E-state index contributed by atoms with van der Waals surface area (Å²) in [4.78, 5) is 16.9. The molecule has 1 aliphatic heterocycles. The number of carbonyl (C=O) groups excluding carboxylic acids is 1. The van der Waals surface area contributed by atoms with Crippen LogP contribution < -0.4 is 5.32 Å². The normalized spacial score (nSPS) is 23.2. The number of nitrogens with zero attached hydrogens (tertiary/aromatic N) is 2. The highest BCUT2D eigenvalue weighted by atomic mass is 32.2. The number of hydrogen-bond acceptors (Lipinski definition) is 3. The topological polar surface area (TPSA) is 37.3 Å². The van der Waals surface area contributed by atoms with Crippen molar-refractivity contribution in [3.05, 3.63) is 107 Å². The van der Waals surface area contributed by atoms with Crippen molar-refractivity contribution in [2.75, 3.05) is 5.32 Å². The standard InChI is InChI=1S/C32H33N3OS/c1-23-12-8-10-18-28(23)35-31(36)30(37-32(35)33-26-15-6-3-7-16-26)20-25-22-34(21-24-13-4-2-5-14-24)29-19-11-9-17-27(25)29/h2-7,9,11,13-17,19-20,22-23,28,32-33H,8,10,12,18,21H2,1H3/b30-20-/t23-,28-,32?/m0/s1. The van der Waals surface area contributed by atoms with Crippen molar-refractivity contribution in [2.24, 2.45) is 5.92 Å². The van der Waals surface area contributed by atoms with Crippen LogP contribution in [0, 0.1) is 5.92 Å². The quantitative estimate of drug-likeness (QED) is 0.273. The first-order chi connectivity index (χ1) is 18.2. The van der Waals surface area contributed by atoms with Gasteiger partial charge in [-0.05, 0) is 48.6 Å². The van der Waals surface area contributed by atoms with Crippen LogP contribution in [0.25, 0.3) is 17.0 Å². The Morgan fingerprint density at radius 1 is 0.919 bits per heavy atom. The highest BCUT2D eigenvalue weighted by molar-refractivity contribution is 8.05. The van der Waals surface area contributed by atoms with Gasteiger partial charge in [0.05, 0.1) is 4.91 Å². The van der Waals surface area contributed by atoms with Crippen LogP contribution in [0.1, 0.15) is 43.7 Å². The van der Waals surface area contributed by atoms with Gasteiger partial charge in [0.15, 0.2) is 5.50 Å². The van der Waals surface area contributed by atoms with Crippen molar-refractivity contribution in [3.63, 3.8) is 0 Å². The van der Waals surface area contributed by atoms with Gasteiger partial charge in [-0.25, -0.2) is 0 Å². The van der Waals surface area contributed by atoms with E-state index in [0.717, 1.165) is 29.1 Å². The molecule has 0 spiro atoms. The lowest BCUT2D eigenvalue weighted by Gasteiger charge is -2.39. The van der Waals surface area contributed by atoms with Gasteiger partial charge in [0, 0.05) is 40.9 Å². The number of hydrogen-bond donors (Lipinski definition) is 1. The maximum Gasteiger partial charge on any atom is 0.262 e. The number of para-hydroxylation sites is 2. The number of fused-ring (bicyclic) bond motifs is 1. The molecule has 3 atom stereocenters. The van der Waals surface area contributed by atoms with Crippen LogP contribution in [0.4, 0.5) is 5.69 Å². The molecule has 1 aromatic heterocycles. The van der Waals surface area contributed by atoms with Crippen molar-refractivity contribution in [1.82, 2.24) is 9.47 Å². The minimum absolute atomic E-state index is 0.107. The molecule has 1 N–H and O–H groups in total. The summed E-state index contributed by atoms with van der Waals surface area (Å²) in [5.41, 5.74) is 4.48. The number of thioether (sulfide) groups is 1. The van der Waals surface area contributed by atoms with Gasteiger partial charge in [0.25, 0.3) is 5.91 Å². The first-order valence-electron chi connectivity index (χ1n) is 13.3. The molecule has 4 nitrogen and oxygen atoms in total. The van der Waals surface area contributed by atoms with Crippen LogP contribution >= 0.6 is 11.8 Å². The van der Waals surface area contributed by atoms with Gasteiger partial charge >= 0.3 is 0 Å². The summed E-state index contributed by atoms with van der Waals surface area (Å²) in [6.07, 6.45) is 9.02. The van der Waals surface area contributed by atoms with Gasteiger partial charge in [-0.15, -0.1) is 0 Å². The van der Waals surface area contributed by atoms with Gasteiger partial charge < -0.3 is 14.8 Å². The molecule has 1 aliphatic carbocycles. The van der Waals surface area contributed by atoms with Gasteiger partial charge in [0.2, 0.25) is 0 Å². The zero-order chi connectivity index (χ0) is 25.2. The Bertz CT molecular complexity index is 1410. The first kappa shape index (κ1) is 23.9. The molecule has 2 aliphatic rings. The SMILES string of the molecule is C[C@H]1CCCC[C@@H]1N1C(=O)/C(=C/c2cn(Cc3ccccc3)c3ccccc23)SC1Nc1ccccc1. The Morgan fingerprint density at radius 3 is 2.41 bits per heavy atom. The number of nitrogens with one attached hydrogen (secondary N) is 1. The monoisotopic (exact) mass is 507 g/mol. The molecule has 37 heavy (non-hydrogen) atoms. The lowest BCUT2D eigenvalue weighted by molar-refractivity contribution is -0.129. The molecular formula is C32H33N3OS. The second-order valence-corrected chi connectivity index (χ2v) is 11.4. The maximum atomic E-state index is 14.0. The average Bonchev–Trinajstić information content (AvgIpc) is 3.42. The van der Waals surface area contributed by atoms with Gasteiger partial charge in [-0.3, -0.25) is 4.79 Å². The Hall–Kier alpha value is -3.44. The smallest absolute Gasteiger partial charge is 0.262 e. The molecule has 188 valence electrons. The van der Waals surface area contributed by atoms with Crippen LogP contribution in [0.5, 0.6) is 0 Å². The molecule has 1 saturated carbocycles. The summed E-state index contributed by atoms with van der Waals surface area (Å²) in [6, 6.07) is 29.5. The van der Waals surface area contributed by atoms with Gasteiger partial charge in [-0.1, -0.05) is 98.3 Å². The lowest BCUT2D eigenvalue weighted by atomic mass is 9.85. The highest BCUT2D eigenvalue weighted by Gasteiger charge is 2.43. The number of benzene rings is 3. The molecule has 5 heteroatoms. The van der Waals surface area contributed by atoms with Crippen molar-refractivity contribution in [2.45, 2.75) is 50.7 Å². The Balaban J connectivity index is 1.36. The van der Waals surface area contributed by atoms with Crippen molar-refractivity contribution >= 4 is 40.3 Å². The van der Waals surface area contributed by atoms with Crippen molar-refractivity contribution < 1.29 is 4.79 Å². The summed E-state index contributed by atoms with van der Waals surface area (Å²) < 4.78 is 2.29. The minimum atomic E-state index is -0.107. The maximum absolute atomic E-state index is 14.0. The lowest BCUT2D eigenvalue weighted by Crippen LogP contribution is -2.48. The molecule has 1 unspecified atom stereocenters. The summed E-state index contributed by atoms with van der Waals surface area (Å²) in [5, 5.41) is 4.83. The molecule has 0 radical (unpaired) electrons. The van der Waals surface area contributed by atoms with Crippen LogP contribution in [-0.4, -0.2) is 26.9 Å². The summed E-state index contributed by atoms with van der Waals surface area (Å²) in [6.45, 7) is 3.11. The number of anilines is 1. The third-order valence-corrected chi connectivity index (χ3v) is 8.84. The number of aromatic nitrogens is 1. The van der Waals surface area contributed by atoms with E-state index in [4.69, 9.17) is 0 Å². The van der Waals surface area contributed by atoms with Crippen LogP contribution in [0.2, 0.25) is 0 Å². The van der Waals surface area contributed by atoms with Gasteiger partial charge in [0.1, 0.15) is 0 Å². The van der Waals surface area contributed by atoms with Crippen molar-refractivity contribution in [1.29, 1.82) is 0 Å². The molecular weight excluding hydrogens is 474 g/mol. The zero-order valence-corrected chi connectivity index (χ0v) is 22.0. The fourth-order valence-electron chi connectivity index (χ4n) is 5.81. The van der Waals surface area contributed by atoms with Crippen LogP contribution in [0.3, 0.4) is 0 Å². The second-order valence-electron chi connectivity index (χ2n) is 10.2. The highest BCUT2D eigenvalue weighted by Crippen LogP contribution is 2.42. The minimum Gasteiger partial charge on any atom is -0.356 e. The molecule has 0 bridgehead atoms. The Labute approximate surface area is 223 Å². The number of rotatable bonds is 6. The van der Waals surface area contributed by atoms with Crippen molar-refractivity contribution in [3.8, 4) is 0 Å². The Kier molecular flexibility index (Phi) is 6.79. The third-order valence-electron chi connectivity index (χ3n) is 7.73. The van der Waals surface area contributed by atoms with E-state index in [2.05, 4.69) is 101 Å². The first-order valence-corrected chi connectivity index (χ1v) is 14.2. The summed E-state index contributed by atoms with van der Waals surface area (Å²) in [5.74, 6) is 0.655. The van der Waals surface area contributed by atoms with E-state index in [9.17, 15) is 4.79 Å². The molecule has 3 aromatic carbocycles. The van der Waals surface area contributed by atoms with E-state index in [1.54, 1.807) is 11.8 Å². The van der Waals surface area contributed by atoms with Gasteiger partial charge in [-0.2, -0.15) is 0 Å². The summed E-state index contributed by atoms with van der Waals surface area (Å²) in [7, 11) is 0. The summed E-state index contributed by atoms with van der Waals surface area (Å²) >= 11 is 1.65. The molecule has 4 aromatic rings. The largest absolute Gasteiger partial charge is 0.356 e. The fourth-order valence-corrected chi connectivity index (χ4v) is 7.01. The fraction of sp³-hybridized carbons (Fsp3) is 0.281. The van der Waals surface area contributed by atoms with E-state index in [1.807, 2.05) is 18.2 Å². The van der Waals surface area contributed by atoms with E-state index in [1.165, 1.54) is 35.7 Å².